The Labute approximate surface area is 153 Å². The lowest BCUT2D eigenvalue weighted by molar-refractivity contribution is -0.130. The van der Waals surface area contributed by atoms with Gasteiger partial charge in [-0.15, -0.1) is 24.0 Å². The highest BCUT2D eigenvalue weighted by molar-refractivity contribution is 14.0. The van der Waals surface area contributed by atoms with Crippen molar-refractivity contribution in [2.75, 3.05) is 32.7 Å². The van der Waals surface area contributed by atoms with Crippen LogP contribution in [0.4, 0.5) is 4.39 Å². The van der Waals surface area contributed by atoms with Gasteiger partial charge in [0.05, 0.1) is 12.2 Å². The van der Waals surface area contributed by atoms with Gasteiger partial charge in [0.15, 0.2) is 5.96 Å². The highest BCUT2D eigenvalue weighted by atomic mass is 127. The third-order valence-corrected chi connectivity index (χ3v) is 3.57. The van der Waals surface area contributed by atoms with Gasteiger partial charge in [-0.05, 0) is 19.1 Å². The summed E-state index contributed by atoms with van der Waals surface area (Å²) in [6.07, 6.45) is 1.56. The van der Waals surface area contributed by atoms with Crippen LogP contribution in [-0.4, -0.2) is 59.4 Å². The maximum Gasteiger partial charge on any atom is 0.219 e. The highest BCUT2D eigenvalue weighted by Gasteiger charge is 2.20. The largest absolute Gasteiger partial charge is 0.357 e. The summed E-state index contributed by atoms with van der Waals surface area (Å²) in [5.74, 6) is 0.483. The number of halogens is 2. The summed E-state index contributed by atoms with van der Waals surface area (Å²) in [5.41, 5.74) is 0.334. The van der Waals surface area contributed by atoms with Gasteiger partial charge >= 0.3 is 0 Å². The molecule has 0 aliphatic carbocycles. The molecule has 23 heavy (non-hydrogen) atoms. The van der Waals surface area contributed by atoms with Crippen LogP contribution < -0.4 is 5.32 Å². The van der Waals surface area contributed by atoms with E-state index in [2.05, 4.69) is 20.2 Å². The minimum absolute atomic E-state index is 0. The summed E-state index contributed by atoms with van der Waals surface area (Å²) in [7, 11) is 0. The molecule has 0 spiro atoms. The fourth-order valence-corrected chi connectivity index (χ4v) is 2.34. The first-order valence-electron chi connectivity index (χ1n) is 7.50. The number of pyridine rings is 1. The number of amides is 1. The molecule has 2 heterocycles. The molecule has 128 valence electrons. The van der Waals surface area contributed by atoms with Crippen LogP contribution in [0.15, 0.2) is 23.3 Å². The second-order valence-electron chi connectivity index (χ2n) is 5.10. The van der Waals surface area contributed by atoms with E-state index < -0.39 is 0 Å². The van der Waals surface area contributed by atoms with Crippen molar-refractivity contribution in [3.05, 3.63) is 29.8 Å². The molecule has 8 heteroatoms. The molecule has 1 fully saturated rings. The van der Waals surface area contributed by atoms with Gasteiger partial charge in [-0.2, -0.15) is 0 Å². The van der Waals surface area contributed by atoms with Crippen molar-refractivity contribution < 1.29 is 9.18 Å². The standard InChI is InChI=1S/C15H22FN5O.HI/c1-3-17-15(19-11-14-13(16)5-4-6-18-14)21-9-7-20(8-10-21)12(2)22;/h4-6H,3,7-11H2,1-2H3,(H,17,19);1H. The van der Waals surface area contributed by atoms with Gasteiger partial charge in [-0.1, -0.05) is 0 Å². The average Bonchev–Trinajstić information content (AvgIpc) is 2.53. The molecular formula is C15H23FIN5O. The van der Waals surface area contributed by atoms with Crippen LogP contribution in [0.25, 0.3) is 0 Å². The first-order chi connectivity index (χ1) is 10.6. The Morgan fingerprint density at radius 2 is 2.00 bits per heavy atom. The highest BCUT2D eigenvalue weighted by Crippen LogP contribution is 2.06. The van der Waals surface area contributed by atoms with E-state index in [1.165, 1.54) is 6.07 Å². The number of carbonyl (C=O) groups is 1. The zero-order valence-corrected chi connectivity index (χ0v) is 15.8. The minimum Gasteiger partial charge on any atom is -0.357 e. The number of carbonyl (C=O) groups excluding carboxylic acids is 1. The number of nitrogens with one attached hydrogen (secondary N) is 1. The quantitative estimate of drug-likeness (QED) is 0.444. The Kier molecular flexibility index (Phi) is 8.21. The summed E-state index contributed by atoms with van der Waals surface area (Å²) >= 11 is 0. The third kappa shape index (κ3) is 5.60. The van der Waals surface area contributed by atoms with Crippen molar-refractivity contribution in [3.63, 3.8) is 0 Å². The molecule has 1 aromatic rings. The van der Waals surface area contributed by atoms with Crippen LogP contribution >= 0.6 is 24.0 Å². The van der Waals surface area contributed by atoms with Crippen LogP contribution in [0.3, 0.4) is 0 Å². The molecule has 0 radical (unpaired) electrons. The van der Waals surface area contributed by atoms with E-state index >= 15 is 0 Å². The first-order valence-corrected chi connectivity index (χ1v) is 7.50. The zero-order chi connectivity index (χ0) is 15.9. The number of rotatable bonds is 3. The van der Waals surface area contributed by atoms with Crippen LogP contribution in [0.5, 0.6) is 0 Å². The van der Waals surface area contributed by atoms with Crippen LogP contribution in [0.1, 0.15) is 19.5 Å². The van der Waals surface area contributed by atoms with Gasteiger partial charge in [0.2, 0.25) is 5.91 Å². The van der Waals surface area contributed by atoms with Gasteiger partial charge in [-0.25, -0.2) is 9.38 Å². The summed E-state index contributed by atoms with van der Waals surface area (Å²) in [4.78, 5) is 23.7. The van der Waals surface area contributed by atoms with E-state index in [4.69, 9.17) is 0 Å². The fraction of sp³-hybridized carbons (Fsp3) is 0.533. The molecule has 6 nitrogen and oxygen atoms in total. The van der Waals surface area contributed by atoms with Crippen molar-refractivity contribution in [1.82, 2.24) is 20.1 Å². The van der Waals surface area contributed by atoms with Crippen LogP contribution in [0, 0.1) is 5.82 Å². The predicted molar refractivity (Wildman–Crippen MR) is 98.3 cm³/mol. The SMILES string of the molecule is CCNC(=NCc1ncccc1F)N1CCN(C(C)=O)CC1.I. The number of guanidine groups is 1. The fourth-order valence-electron chi connectivity index (χ4n) is 2.34. The van der Waals surface area contributed by atoms with E-state index in [1.54, 1.807) is 19.2 Å². The lowest BCUT2D eigenvalue weighted by atomic mass is 10.3. The van der Waals surface area contributed by atoms with Gasteiger partial charge in [0, 0.05) is 45.8 Å². The number of nitrogens with zero attached hydrogens (tertiary/aromatic N) is 4. The molecule has 0 atom stereocenters. The Morgan fingerprint density at radius 1 is 1.35 bits per heavy atom. The molecule has 1 N–H and O–H groups in total. The molecule has 0 aromatic carbocycles. The lowest BCUT2D eigenvalue weighted by Crippen LogP contribution is -2.53. The molecule has 0 saturated carbocycles. The van der Waals surface area contributed by atoms with Gasteiger partial charge < -0.3 is 15.1 Å². The summed E-state index contributed by atoms with van der Waals surface area (Å²) < 4.78 is 13.6. The smallest absolute Gasteiger partial charge is 0.219 e. The molecule has 1 amide bonds. The number of hydrogen-bond acceptors (Lipinski definition) is 3. The number of piperazine rings is 1. The summed E-state index contributed by atoms with van der Waals surface area (Å²) in [5, 5.41) is 3.21. The predicted octanol–water partition coefficient (Wildman–Crippen LogP) is 1.47. The molecule has 1 aliphatic rings. The normalized spacial score (nSPS) is 15.2. The number of aromatic nitrogens is 1. The lowest BCUT2D eigenvalue weighted by Gasteiger charge is -2.36. The Bertz CT molecular complexity index is 546. The third-order valence-electron chi connectivity index (χ3n) is 3.57. The van der Waals surface area contributed by atoms with Crippen molar-refractivity contribution in [2.24, 2.45) is 4.99 Å². The van der Waals surface area contributed by atoms with Crippen LogP contribution in [-0.2, 0) is 11.3 Å². The van der Waals surface area contributed by atoms with Crippen LogP contribution in [0.2, 0.25) is 0 Å². The van der Waals surface area contributed by atoms with Crippen molar-refractivity contribution in [3.8, 4) is 0 Å². The first kappa shape index (κ1) is 19.6. The molecule has 0 bridgehead atoms. The average molecular weight is 435 g/mol. The molecule has 1 aromatic heterocycles. The molecule has 2 rings (SSSR count). The Balaban J connectivity index is 0.00000264. The van der Waals surface area contributed by atoms with Gasteiger partial charge in [0.1, 0.15) is 5.82 Å². The van der Waals surface area contributed by atoms with E-state index in [-0.39, 0.29) is 42.2 Å². The monoisotopic (exact) mass is 435 g/mol. The summed E-state index contributed by atoms with van der Waals surface area (Å²) in [6.45, 7) is 7.29. The van der Waals surface area contributed by atoms with Gasteiger partial charge in [-0.3, -0.25) is 9.78 Å². The van der Waals surface area contributed by atoms with Crippen molar-refractivity contribution in [2.45, 2.75) is 20.4 Å². The molecule has 1 aliphatic heterocycles. The molecular weight excluding hydrogens is 412 g/mol. The topological polar surface area (TPSA) is 60.8 Å². The van der Waals surface area contributed by atoms with E-state index in [9.17, 15) is 9.18 Å². The van der Waals surface area contributed by atoms with E-state index in [0.29, 0.717) is 18.8 Å². The second kappa shape index (κ2) is 9.64. The van der Waals surface area contributed by atoms with Crippen molar-refractivity contribution in [1.29, 1.82) is 0 Å². The Hall–Kier alpha value is -1.45. The molecule has 1 saturated heterocycles. The van der Waals surface area contributed by atoms with E-state index in [1.807, 2.05) is 11.8 Å². The zero-order valence-electron chi connectivity index (χ0n) is 13.5. The maximum absolute atomic E-state index is 13.6. The Morgan fingerprint density at radius 3 is 2.57 bits per heavy atom. The second-order valence-corrected chi connectivity index (χ2v) is 5.10. The number of hydrogen-bond donors (Lipinski definition) is 1. The minimum atomic E-state index is -0.344. The van der Waals surface area contributed by atoms with Crippen molar-refractivity contribution >= 4 is 35.8 Å². The summed E-state index contributed by atoms with van der Waals surface area (Å²) in [6, 6.07) is 2.95. The van der Waals surface area contributed by atoms with Gasteiger partial charge in [0.25, 0.3) is 0 Å². The molecule has 0 unspecified atom stereocenters. The maximum atomic E-state index is 13.6. The van der Waals surface area contributed by atoms with E-state index in [0.717, 1.165) is 25.6 Å². The number of aliphatic imine (C=N–C) groups is 1.